The minimum Gasteiger partial charge on any atom is -0.368 e. The van der Waals surface area contributed by atoms with Crippen LogP contribution in [0.5, 0.6) is 0 Å². The van der Waals surface area contributed by atoms with Crippen molar-refractivity contribution in [3.8, 4) is 6.07 Å². The predicted molar refractivity (Wildman–Crippen MR) is 135 cm³/mol. The lowest BCUT2D eigenvalue weighted by Crippen LogP contribution is -2.48. The molecule has 2 aliphatic rings. The molecule has 0 bridgehead atoms. The maximum Gasteiger partial charge on any atom is 0.270 e. The molecule has 1 saturated heterocycles. The third kappa shape index (κ3) is 4.33. The van der Waals surface area contributed by atoms with Crippen molar-refractivity contribution in [2.75, 3.05) is 36.4 Å². The highest BCUT2D eigenvalue weighted by molar-refractivity contribution is 5.77. The molecule has 0 amide bonds. The smallest absolute Gasteiger partial charge is 0.270 e. The van der Waals surface area contributed by atoms with Gasteiger partial charge < -0.3 is 10.2 Å². The van der Waals surface area contributed by atoms with Crippen molar-refractivity contribution >= 4 is 28.5 Å². The van der Waals surface area contributed by atoms with Crippen molar-refractivity contribution in [1.29, 1.82) is 5.26 Å². The standard InChI is InChI=1S/C25H30N8O.H2/c1-17(2)31-9-11-32(12-10-31)21-7-8-22(27-16-21)29-25-28-15-19-13-18(14-26)24(34)33(23(19)30-25)20-5-3-4-6-20;/h7-8,13,15-17,20H,3-6,9-12H2,1-2H3,(H,27,28,29,30);1H. The number of nitrogens with zero attached hydrogens (tertiary/aromatic N) is 7. The van der Waals surface area contributed by atoms with Crippen LogP contribution in [0.15, 0.2) is 35.4 Å². The van der Waals surface area contributed by atoms with E-state index >= 15 is 0 Å². The summed E-state index contributed by atoms with van der Waals surface area (Å²) in [5, 5.41) is 13.3. The van der Waals surface area contributed by atoms with E-state index in [-0.39, 0.29) is 18.6 Å². The Bertz CT molecular complexity index is 1270. The Morgan fingerprint density at radius 1 is 1.12 bits per heavy atom. The zero-order valence-corrected chi connectivity index (χ0v) is 19.7. The van der Waals surface area contributed by atoms with Gasteiger partial charge in [0.2, 0.25) is 5.95 Å². The summed E-state index contributed by atoms with van der Waals surface area (Å²) in [4.78, 5) is 31.4. The first-order valence-electron chi connectivity index (χ1n) is 12.1. The molecular weight excluding hydrogens is 428 g/mol. The summed E-state index contributed by atoms with van der Waals surface area (Å²) in [5.74, 6) is 1.03. The first-order chi connectivity index (χ1) is 16.5. The molecule has 0 radical (unpaired) electrons. The summed E-state index contributed by atoms with van der Waals surface area (Å²) in [6.45, 7) is 8.56. The molecule has 4 heterocycles. The number of aromatic nitrogens is 4. The second kappa shape index (κ2) is 9.39. The van der Waals surface area contributed by atoms with E-state index in [9.17, 15) is 10.1 Å². The van der Waals surface area contributed by atoms with Crippen LogP contribution in [0.4, 0.5) is 17.5 Å². The number of rotatable bonds is 5. The number of hydrogen-bond acceptors (Lipinski definition) is 8. The first-order valence-corrected chi connectivity index (χ1v) is 12.1. The minimum absolute atomic E-state index is 0. The van der Waals surface area contributed by atoms with Gasteiger partial charge in [0, 0.05) is 51.3 Å². The van der Waals surface area contributed by atoms with E-state index in [1.807, 2.05) is 18.3 Å². The third-order valence-electron chi connectivity index (χ3n) is 6.98. The van der Waals surface area contributed by atoms with Crippen LogP contribution in [0.1, 0.15) is 52.6 Å². The maximum atomic E-state index is 13.0. The Morgan fingerprint density at radius 2 is 1.88 bits per heavy atom. The summed E-state index contributed by atoms with van der Waals surface area (Å²) in [6.07, 6.45) is 7.54. The number of nitriles is 1. The highest BCUT2D eigenvalue weighted by Crippen LogP contribution is 2.31. The van der Waals surface area contributed by atoms with Crippen molar-refractivity contribution in [3.05, 3.63) is 46.5 Å². The van der Waals surface area contributed by atoms with Gasteiger partial charge in [-0.1, -0.05) is 12.8 Å². The molecule has 5 rings (SSSR count). The Labute approximate surface area is 200 Å². The molecule has 1 N–H and O–H groups in total. The molecule has 9 heteroatoms. The average molecular weight is 461 g/mol. The predicted octanol–water partition coefficient (Wildman–Crippen LogP) is 3.69. The molecular formula is C25H32N8O. The quantitative estimate of drug-likeness (QED) is 0.615. The van der Waals surface area contributed by atoms with Crippen molar-refractivity contribution in [3.63, 3.8) is 0 Å². The number of pyridine rings is 2. The molecule has 1 saturated carbocycles. The summed E-state index contributed by atoms with van der Waals surface area (Å²) in [6, 6.07) is 8.25. The van der Waals surface area contributed by atoms with E-state index in [2.05, 4.69) is 50.0 Å². The van der Waals surface area contributed by atoms with Crippen molar-refractivity contribution in [1.82, 2.24) is 24.4 Å². The van der Waals surface area contributed by atoms with Gasteiger partial charge in [0.1, 0.15) is 23.1 Å². The van der Waals surface area contributed by atoms with Crippen LogP contribution in [0.25, 0.3) is 11.0 Å². The van der Waals surface area contributed by atoms with Crippen LogP contribution in [-0.4, -0.2) is 56.6 Å². The van der Waals surface area contributed by atoms with Gasteiger partial charge in [0.05, 0.1) is 11.9 Å². The summed E-state index contributed by atoms with van der Waals surface area (Å²) in [7, 11) is 0. The van der Waals surface area contributed by atoms with Gasteiger partial charge in [-0.25, -0.2) is 9.97 Å². The van der Waals surface area contributed by atoms with Gasteiger partial charge in [0.25, 0.3) is 5.56 Å². The Balaban J connectivity index is 0.00000289. The van der Waals surface area contributed by atoms with Gasteiger partial charge >= 0.3 is 0 Å². The van der Waals surface area contributed by atoms with Crippen LogP contribution in [0.2, 0.25) is 0 Å². The largest absolute Gasteiger partial charge is 0.368 e. The molecule has 3 aromatic heterocycles. The van der Waals surface area contributed by atoms with Crippen molar-refractivity contribution in [2.45, 2.75) is 51.6 Å². The Morgan fingerprint density at radius 3 is 2.53 bits per heavy atom. The molecule has 1 aliphatic heterocycles. The molecule has 0 atom stereocenters. The van der Waals surface area contributed by atoms with Crippen molar-refractivity contribution < 1.29 is 1.43 Å². The topological polar surface area (TPSA) is 103 Å². The van der Waals surface area contributed by atoms with Crippen LogP contribution in [-0.2, 0) is 0 Å². The van der Waals surface area contributed by atoms with Crippen LogP contribution in [0, 0.1) is 11.3 Å². The highest BCUT2D eigenvalue weighted by atomic mass is 16.1. The normalized spacial score (nSPS) is 17.4. The molecule has 178 valence electrons. The zero-order chi connectivity index (χ0) is 23.7. The number of nitrogens with one attached hydrogen (secondary N) is 1. The van der Waals surface area contributed by atoms with Crippen LogP contribution in [0.3, 0.4) is 0 Å². The molecule has 9 nitrogen and oxygen atoms in total. The number of piperazine rings is 1. The number of fused-ring (bicyclic) bond motifs is 1. The SMILES string of the molecule is CC(C)N1CCN(c2ccc(Nc3ncc4cc(C#N)c(=O)n(C5CCCC5)c4n3)nc2)CC1.[HH]. The molecule has 0 aromatic carbocycles. The lowest BCUT2D eigenvalue weighted by molar-refractivity contribution is 0.209. The summed E-state index contributed by atoms with van der Waals surface area (Å²) >= 11 is 0. The van der Waals surface area contributed by atoms with Crippen molar-refractivity contribution in [2.24, 2.45) is 0 Å². The zero-order valence-electron chi connectivity index (χ0n) is 19.7. The monoisotopic (exact) mass is 460 g/mol. The number of hydrogen-bond donors (Lipinski definition) is 1. The van der Waals surface area contributed by atoms with E-state index < -0.39 is 0 Å². The second-order valence-electron chi connectivity index (χ2n) is 9.40. The Kier molecular flexibility index (Phi) is 6.16. The van der Waals surface area contributed by atoms with Gasteiger partial charge in [-0.15, -0.1) is 0 Å². The highest BCUT2D eigenvalue weighted by Gasteiger charge is 2.23. The van der Waals surface area contributed by atoms with E-state index in [0.717, 1.165) is 57.5 Å². The van der Waals surface area contributed by atoms with E-state index in [0.29, 0.717) is 28.8 Å². The van der Waals surface area contributed by atoms with Gasteiger partial charge in [0.15, 0.2) is 0 Å². The van der Waals surface area contributed by atoms with Gasteiger partial charge in [-0.05, 0) is 44.9 Å². The summed E-state index contributed by atoms with van der Waals surface area (Å²) in [5.41, 5.74) is 1.53. The molecule has 1 aliphatic carbocycles. The van der Waals surface area contributed by atoms with Crippen LogP contribution < -0.4 is 15.8 Å². The molecule has 3 aromatic rings. The minimum atomic E-state index is -0.272. The molecule has 0 spiro atoms. The van der Waals surface area contributed by atoms with E-state index in [4.69, 9.17) is 0 Å². The fraction of sp³-hybridized carbons (Fsp3) is 0.480. The lowest BCUT2D eigenvalue weighted by atomic mass is 10.2. The third-order valence-corrected chi connectivity index (χ3v) is 6.98. The molecule has 34 heavy (non-hydrogen) atoms. The second-order valence-corrected chi connectivity index (χ2v) is 9.40. The number of anilines is 3. The van der Waals surface area contributed by atoms with E-state index in [1.165, 1.54) is 0 Å². The average Bonchev–Trinajstić information content (AvgIpc) is 3.39. The Hall–Kier alpha value is -3.51. The van der Waals surface area contributed by atoms with Crippen LogP contribution >= 0.6 is 0 Å². The molecule has 0 unspecified atom stereocenters. The van der Waals surface area contributed by atoms with Gasteiger partial charge in [-0.3, -0.25) is 14.3 Å². The molecule has 2 fully saturated rings. The summed E-state index contributed by atoms with van der Waals surface area (Å²) < 4.78 is 1.70. The fourth-order valence-electron chi connectivity index (χ4n) is 5.02. The van der Waals surface area contributed by atoms with Gasteiger partial charge in [-0.2, -0.15) is 10.2 Å². The van der Waals surface area contributed by atoms with E-state index in [1.54, 1.807) is 16.8 Å². The first kappa shape index (κ1) is 22.3. The fourth-order valence-corrected chi connectivity index (χ4v) is 5.02. The maximum absolute atomic E-state index is 13.0. The lowest BCUT2D eigenvalue weighted by Gasteiger charge is -2.38.